The van der Waals surface area contributed by atoms with Gasteiger partial charge in [0.15, 0.2) is 4.80 Å². The number of nitrogens with zero attached hydrogens (tertiary/aromatic N) is 3. The Kier molecular flexibility index (Phi) is 11.3. The van der Waals surface area contributed by atoms with Crippen molar-refractivity contribution in [2.45, 2.75) is 12.9 Å². The van der Waals surface area contributed by atoms with E-state index in [9.17, 15) is 13.2 Å². The lowest BCUT2D eigenvalue weighted by Gasteiger charge is -2.36. The van der Waals surface area contributed by atoms with Gasteiger partial charge in [-0.05, 0) is 42.5 Å². The van der Waals surface area contributed by atoms with Gasteiger partial charge in [0.25, 0.3) is 0 Å². The van der Waals surface area contributed by atoms with Crippen LogP contribution in [0.25, 0.3) is 10.2 Å². The molecule has 0 aliphatic carbocycles. The summed E-state index contributed by atoms with van der Waals surface area (Å²) in [5.74, 6) is 0.578. The van der Waals surface area contributed by atoms with Crippen LogP contribution in [0.2, 0.25) is 0 Å². The molecule has 0 unspecified atom stereocenters. The Bertz CT molecular complexity index is 1100. The van der Waals surface area contributed by atoms with Crippen molar-refractivity contribution >= 4 is 64.5 Å². The number of hydrogen-bond acceptors (Lipinski definition) is 6. The summed E-state index contributed by atoms with van der Waals surface area (Å²) in [7, 11) is 1.65. The second-order valence-electron chi connectivity index (χ2n) is 7.26. The van der Waals surface area contributed by atoms with Crippen LogP contribution in [0.4, 0.5) is 18.9 Å². The molecular weight excluding hydrogens is 536 g/mol. The number of hydrogen-bond donors (Lipinski definition) is 1. The predicted molar refractivity (Wildman–Crippen MR) is 136 cm³/mol. The average molecular weight is 562 g/mol. The summed E-state index contributed by atoms with van der Waals surface area (Å²) >= 11 is 1.15. The summed E-state index contributed by atoms with van der Waals surface area (Å²) in [5, 5.41) is 8.23. The standard InChI is InChI=1S/C21H23F3N4O2S.3ClH/c1-29-16-4-2-15(3-5-16)27-11-8-26(9-12-27)10-13-28-18-7-6-17(30-21(22,23)24)14-19(18)31-20(28)25;;;/h2-7,14,25H,8-13H2,1H3;3*1H. The first-order valence-corrected chi connectivity index (χ1v) is 10.7. The van der Waals surface area contributed by atoms with Crippen LogP contribution in [-0.4, -0.2) is 55.7 Å². The predicted octanol–water partition coefficient (Wildman–Crippen LogP) is 5.18. The first-order chi connectivity index (χ1) is 14.8. The van der Waals surface area contributed by atoms with E-state index in [-0.39, 0.29) is 43.0 Å². The Labute approximate surface area is 218 Å². The highest BCUT2D eigenvalue weighted by atomic mass is 35.5. The summed E-state index contributed by atoms with van der Waals surface area (Å²) in [4.78, 5) is 4.99. The SMILES string of the molecule is COc1ccc(N2CCN(CCn3c(=N)sc4cc(OC(F)(F)F)ccc43)CC2)cc1.Cl.Cl.Cl. The summed E-state index contributed by atoms with van der Waals surface area (Å²) in [6.45, 7) is 5.03. The van der Waals surface area contributed by atoms with Gasteiger partial charge in [-0.15, -0.1) is 50.4 Å². The number of thiazole rings is 1. The number of ether oxygens (including phenoxy) is 2. The van der Waals surface area contributed by atoms with Gasteiger partial charge in [-0.2, -0.15) is 0 Å². The summed E-state index contributed by atoms with van der Waals surface area (Å²) < 4.78 is 49.0. The number of rotatable bonds is 6. The van der Waals surface area contributed by atoms with Crippen LogP contribution in [0.15, 0.2) is 42.5 Å². The Hall–Kier alpha value is -1.85. The van der Waals surface area contributed by atoms with Crippen LogP contribution in [0, 0.1) is 5.41 Å². The van der Waals surface area contributed by atoms with E-state index < -0.39 is 6.36 Å². The fraction of sp³-hybridized carbons (Fsp3) is 0.381. The minimum absolute atomic E-state index is 0. The van der Waals surface area contributed by atoms with Crippen LogP contribution in [-0.2, 0) is 6.54 Å². The maximum absolute atomic E-state index is 12.4. The van der Waals surface area contributed by atoms with E-state index in [1.54, 1.807) is 13.2 Å². The van der Waals surface area contributed by atoms with Crippen LogP contribution in [0.5, 0.6) is 11.5 Å². The highest BCUT2D eigenvalue weighted by Crippen LogP contribution is 2.28. The molecule has 13 heteroatoms. The molecule has 2 aromatic carbocycles. The third-order valence-electron chi connectivity index (χ3n) is 5.36. The molecule has 6 nitrogen and oxygen atoms in total. The molecule has 1 N–H and O–H groups in total. The zero-order valence-corrected chi connectivity index (χ0v) is 21.5. The molecule has 1 aliphatic rings. The van der Waals surface area contributed by atoms with Crippen LogP contribution < -0.4 is 19.2 Å². The molecule has 4 rings (SSSR count). The lowest BCUT2D eigenvalue weighted by atomic mass is 10.2. The number of fused-ring (bicyclic) bond motifs is 1. The number of methoxy groups -OCH3 is 1. The fourth-order valence-corrected chi connectivity index (χ4v) is 4.72. The van der Waals surface area contributed by atoms with Crippen molar-refractivity contribution in [1.29, 1.82) is 5.41 Å². The van der Waals surface area contributed by atoms with E-state index in [1.807, 2.05) is 16.7 Å². The Morgan fingerprint density at radius 3 is 2.12 bits per heavy atom. The Morgan fingerprint density at radius 2 is 1.53 bits per heavy atom. The molecule has 0 atom stereocenters. The molecule has 34 heavy (non-hydrogen) atoms. The Balaban J connectivity index is 0.00000193. The minimum atomic E-state index is -4.72. The van der Waals surface area contributed by atoms with E-state index in [4.69, 9.17) is 10.1 Å². The van der Waals surface area contributed by atoms with Gasteiger partial charge in [-0.1, -0.05) is 11.3 Å². The lowest BCUT2D eigenvalue weighted by Crippen LogP contribution is -2.47. The number of alkyl halides is 3. The van der Waals surface area contributed by atoms with E-state index in [2.05, 4.69) is 26.7 Å². The largest absolute Gasteiger partial charge is 0.573 e. The van der Waals surface area contributed by atoms with Crippen molar-refractivity contribution in [2.24, 2.45) is 0 Å². The molecule has 0 radical (unpaired) electrons. The van der Waals surface area contributed by atoms with E-state index in [1.165, 1.54) is 17.8 Å². The van der Waals surface area contributed by atoms with Gasteiger partial charge in [0.1, 0.15) is 11.5 Å². The van der Waals surface area contributed by atoms with E-state index in [0.717, 1.165) is 55.3 Å². The van der Waals surface area contributed by atoms with E-state index >= 15 is 0 Å². The molecule has 0 bridgehead atoms. The number of halogens is 6. The van der Waals surface area contributed by atoms with Gasteiger partial charge in [-0.25, -0.2) is 0 Å². The van der Waals surface area contributed by atoms with Crippen molar-refractivity contribution in [2.75, 3.05) is 44.7 Å². The molecule has 1 aliphatic heterocycles. The molecule has 1 saturated heterocycles. The van der Waals surface area contributed by atoms with Gasteiger partial charge >= 0.3 is 6.36 Å². The number of benzene rings is 2. The normalized spacial score (nSPS) is 14.1. The maximum atomic E-state index is 12.4. The van der Waals surface area contributed by atoms with Gasteiger partial charge in [0.05, 0.1) is 17.3 Å². The molecular formula is C21H26Cl3F3N4O2S. The maximum Gasteiger partial charge on any atom is 0.573 e. The molecule has 1 aromatic heterocycles. The number of nitrogens with one attached hydrogen (secondary N) is 1. The van der Waals surface area contributed by atoms with Crippen molar-refractivity contribution < 1.29 is 22.6 Å². The third kappa shape index (κ3) is 7.32. The van der Waals surface area contributed by atoms with Gasteiger partial charge in [0, 0.05) is 45.0 Å². The molecule has 0 spiro atoms. The molecule has 3 aromatic rings. The molecule has 190 valence electrons. The monoisotopic (exact) mass is 560 g/mol. The lowest BCUT2D eigenvalue weighted by molar-refractivity contribution is -0.274. The smallest absolute Gasteiger partial charge is 0.497 e. The highest BCUT2D eigenvalue weighted by Gasteiger charge is 2.31. The number of aromatic nitrogens is 1. The quantitative estimate of drug-likeness (QED) is 0.451. The van der Waals surface area contributed by atoms with Crippen molar-refractivity contribution in [1.82, 2.24) is 9.47 Å². The van der Waals surface area contributed by atoms with Gasteiger partial charge in [-0.3, -0.25) is 10.3 Å². The van der Waals surface area contributed by atoms with Crippen molar-refractivity contribution in [3.63, 3.8) is 0 Å². The average Bonchev–Trinajstić information content (AvgIpc) is 3.05. The van der Waals surface area contributed by atoms with Crippen LogP contribution in [0.3, 0.4) is 0 Å². The van der Waals surface area contributed by atoms with Crippen molar-refractivity contribution in [3.05, 3.63) is 47.3 Å². The second kappa shape index (κ2) is 12.7. The van der Waals surface area contributed by atoms with Gasteiger partial charge in [0.2, 0.25) is 0 Å². The number of anilines is 1. The summed E-state index contributed by atoms with van der Waals surface area (Å²) in [6.07, 6.45) is -4.72. The molecule has 0 saturated carbocycles. The molecule has 1 fully saturated rings. The minimum Gasteiger partial charge on any atom is -0.497 e. The van der Waals surface area contributed by atoms with Crippen LogP contribution >= 0.6 is 48.6 Å². The van der Waals surface area contributed by atoms with Crippen molar-refractivity contribution in [3.8, 4) is 11.5 Å². The van der Waals surface area contributed by atoms with Crippen LogP contribution in [0.1, 0.15) is 0 Å². The first kappa shape index (κ1) is 30.2. The van der Waals surface area contributed by atoms with Gasteiger partial charge < -0.3 is 18.9 Å². The third-order valence-corrected chi connectivity index (χ3v) is 6.32. The van der Waals surface area contributed by atoms with E-state index in [0.29, 0.717) is 16.0 Å². The summed E-state index contributed by atoms with van der Waals surface area (Å²) in [6, 6.07) is 12.3. The molecule has 0 amide bonds. The fourth-order valence-electron chi connectivity index (χ4n) is 3.75. The second-order valence-corrected chi connectivity index (χ2v) is 8.29. The summed E-state index contributed by atoms with van der Waals surface area (Å²) in [5.41, 5.74) is 1.92. The number of piperazine rings is 1. The first-order valence-electron chi connectivity index (χ1n) is 9.87. The highest BCUT2D eigenvalue weighted by molar-refractivity contribution is 7.16. The topological polar surface area (TPSA) is 53.7 Å². The molecule has 2 heterocycles. The zero-order valence-electron chi connectivity index (χ0n) is 18.2. The zero-order chi connectivity index (χ0) is 22.0. The Morgan fingerprint density at radius 1 is 0.912 bits per heavy atom.